The van der Waals surface area contributed by atoms with E-state index in [4.69, 9.17) is 9.47 Å². The molecule has 2 N–H and O–H groups in total. The van der Waals surface area contributed by atoms with Crippen LogP contribution in [0.25, 0.3) is 0 Å². The minimum Gasteiger partial charge on any atom is -0.463 e. The molecular formula is C24H27FN2O4. The molecule has 0 spiro atoms. The molecule has 1 unspecified atom stereocenters. The van der Waals surface area contributed by atoms with E-state index in [1.165, 1.54) is 24.3 Å². The van der Waals surface area contributed by atoms with Gasteiger partial charge in [-0.05, 0) is 37.1 Å². The normalized spacial score (nSPS) is 12.2. The summed E-state index contributed by atoms with van der Waals surface area (Å²) >= 11 is 0. The number of benzene rings is 2. The number of alkyl carbamates (subject to hydrolysis) is 1. The second kappa shape index (κ2) is 12.2. The number of carbonyl (C=O) groups excluding carboxylic acids is 2. The molecule has 1 amide bonds. The Balaban J connectivity index is 2.44. The Morgan fingerprint density at radius 3 is 2.52 bits per heavy atom. The molecule has 0 saturated carbocycles. The first-order chi connectivity index (χ1) is 15.0. The van der Waals surface area contributed by atoms with Crippen molar-refractivity contribution in [3.05, 3.63) is 95.5 Å². The summed E-state index contributed by atoms with van der Waals surface area (Å²) < 4.78 is 24.2. The number of carbonyl (C=O) groups is 2. The Labute approximate surface area is 181 Å². The van der Waals surface area contributed by atoms with E-state index in [-0.39, 0.29) is 18.8 Å². The standard InChI is InChI=1S/C24H27FN2O4/c1-4-14-31-24(29)27-22(19-12-9-13-20(25)15-19)21(23(28)30-5-2)17(3)26-16-18-10-7-6-8-11-18/h4,6-13,15,22,26H,1,5,14,16H2,2-3H3,(H,27,29). The molecule has 0 bridgehead atoms. The van der Waals surface area contributed by atoms with Crippen LogP contribution in [0.4, 0.5) is 9.18 Å². The van der Waals surface area contributed by atoms with E-state index in [2.05, 4.69) is 17.2 Å². The molecule has 2 rings (SSSR count). The monoisotopic (exact) mass is 426 g/mol. The van der Waals surface area contributed by atoms with Gasteiger partial charge in [0, 0.05) is 12.2 Å². The van der Waals surface area contributed by atoms with Gasteiger partial charge in [-0.2, -0.15) is 0 Å². The van der Waals surface area contributed by atoms with Gasteiger partial charge in [-0.15, -0.1) is 0 Å². The predicted octanol–water partition coefficient (Wildman–Crippen LogP) is 4.41. The Morgan fingerprint density at radius 1 is 1.13 bits per heavy atom. The summed E-state index contributed by atoms with van der Waals surface area (Å²) in [5.41, 5.74) is 2.02. The highest BCUT2D eigenvalue weighted by molar-refractivity contribution is 5.91. The number of rotatable bonds is 10. The smallest absolute Gasteiger partial charge is 0.408 e. The molecular weight excluding hydrogens is 399 g/mol. The third-order valence-corrected chi connectivity index (χ3v) is 4.37. The van der Waals surface area contributed by atoms with Crippen LogP contribution in [0.1, 0.15) is 31.0 Å². The summed E-state index contributed by atoms with van der Waals surface area (Å²) in [7, 11) is 0. The first-order valence-electron chi connectivity index (χ1n) is 9.91. The van der Waals surface area contributed by atoms with Crippen LogP contribution in [0.3, 0.4) is 0 Å². The number of ether oxygens (including phenoxy) is 2. The number of esters is 1. The topological polar surface area (TPSA) is 76.7 Å². The minimum absolute atomic E-state index is 0.00853. The van der Waals surface area contributed by atoms with Crippen LogP contribution in [-0.4, -0.2) is 25.3 Å². The van der Waals surface area contributed by atoms with Gasteiger partial charge in [-0.1, -0.05) is 55.1 Å². The predicted molar refractivity (Wildman–Crippen MR) is 116 cm³/mol. The molecule has 164 valence electrons. The molecule has 0 aliphatic rings. The Morgan fingerprint density at radius 2 is 1.87 bits per heavy atom. The Bertz CT molecular complexity index is 928. The zero-order valence-corrected chi connectivity index (χ0v) is 17.7. The van der Waals surface area contributed by atoms with Gasteiger partial charge in [0.2, 0.25) is 0 Å². The fourth-order valence-corrected chi connectivity index (χ4v) is 2.92. The van der Waals surface area contributed by atoms with E-state index in [0.717, 1.165) is 5.56 Å². The SMILES string of the molecule is C=CCOC(=O)NC(C(C(=O)OCC)=C(C)NCc1ccccc1)c1cccc(F)c1. The fourth-order valence-electron chi connectivity index (χ4n) is 2.92. The van der Waals surface area contributed by atoms with E-state index in [1.807, 2.05) is 30.3 Å². The quantitative estimate of drug-likeness (QED) is 0.334. The van der Waals surface area contributed by atoms with Gasteiger partial charge < -0.3 is 20.1 Å². The summed E-state index contributed by atoms with van der Waals surface area (Å²) in [4.78, 5) is 25.2. The molecule has 2 aromatic rings. The molecule has 1 atom stereocenters. The average Bonchev–Trinajstić information content (AvgIpc) is 2.76. The van der Waals surface area contributed by atoms with Crippen LogP contribution in [-0.2, 0) is 20.8 Å². The summed E-state index contributed by atoms with van der Waals surface area (Å²) in [6.07, 6.45) is 0.651. The average molecular weight is 426 g/mol. The van der Waals surface area contributed by atoms with Crippen molar-refractivity contribution in [3.8, 4) is 0 Å². The molecule has 0 heterocycles. The second-order valence-corrected chi connectivity index (χ2v) is 6.62. The van der Waals surface area contributed by atoms with Crippen molar-refractivity contribution in [2.24, 2.45) is 0 Å². The number of hydrogen-bond acceptors (Lipinski definition) is 5. The zero-order valence-electron chi connectivity index (χ0n) is 17.7. The van der Waals surface area contributed by atoms with Gasteiger partial charge in [-0.3, -0.25) is 0 Å². The third kappa shape index (κ3) is 7.29. The van der Waals surface area contributed by atoms with Crippen LogP contribution in [0.15, 0.2) is 78.5 Å². The summed E-state index contributed by atoms with van der Waals surface area (Å²) in [5.74, 6) is -1.12. The first-order valence-corrected chi connectivity index (χ1v) is 9.91. The maximum Gasteiger partial charge on any atom is 0.408 e. The lowest BCUT2D eigenvalue weighted by Crippen LogP contribution is -2.35. The molecule has 31 heavy (non-hydrogen) atoms. The van der Waals surface area contributed by atoms with E-state index < -0.39 is 23.9 Å². The van der Waals surface area contributed by atoms with E-state index in [0.29, 0.717) is 17.8 Å². The van der Waals surface area contributed by atoms with Crippen molar-refractivity contribution in [1.82, 2.24) is 10.6 Å². The lowest BCUT2D eigenvalue weighted by molar-refractivity contribution is -0.139. The van der Waals surface area contributed by atoms with Crippen molar-refractivity contribution in [3.63, 3.8) is 0 Å². The molecule has 0 aliphatic carbocycles. The van der Waals surface area contributed by atoms with Crippen LogP contribution >= 0.6 is 0 Å². The van der Waals surface area contributed by atoms with Gasteiger partial charge in [0.05, 0.1) is 18.2 Å². The number of hydrogen-bond donors (Lipinski definition) is 2. The van der Waals surface area contributed by atoms with Crippen molar-refractivity contribution >= 4 is 12.1 Å². The molecule has 0 saturated heterocycles. The third-order valence-electron chi connectivity index (χ3n) is 4.37. The van der Waals surface area contributed by atoms with Gasteiger partial charge in [0.1, 0.15) is 12.4 Å². The lowest BCUT2D eigenvalue weighted by atomic mass is 9.96. The van der Waals surface area contributed by atoms with Crippen molar-refractivity contribution < 1.29 is 23.5 Å². The highest BCUT2D eigenvalue weighted by Crippen LogP contribution is 2.26. The van der Waals surface area contributed by atoms with Crippen LogP contribution in [0.5, 0.6) is 0 Å². The van der Waals surface area contributed by atoms with Crippen molar-refractivity contribution in [2.75, 3.05) is 13.2 Å². The van der Waals surface area contributed by atoms with E-state index in [1.54, 1.807) is 19.9 Å². The molecule has 0 aliphatic heterocycles. The maximum absolute atomic E-state index is 13.9. The van der Waals surface area contributed by atoms with Crippen molar-refractivity contribution in [2.45, 2.75) is 26.4 Å². The maximum atomic E-state index is 13.9. The van der Waals surface area contributed by atoms with Gasteiger partial charge in [-0.25, -0.2) is 14.0 Å². The highest BCUT2D eigenvalue weighted by atomic mass is 19.1. The summed E-state index contributed by atoms with van der Waals surface area (Å²) in [5, 5.41) is 5.84. The molecule has 7 heteroatoms. The van der Waals surface area contributed by atoms with Gasteiger partial charge in [0.15, 0.2) is 0 Å². The number of halogens is 1. The second-order valence-electron chi connectivity index (χ2n) is 6.62. The zero-order chi connectivity index (χ0) is 22.6. The van der Waals surface area contributed by atoms with Crippen LogP contribution in [0.2, 0.25) is 0 Å². The summed E-state index contributed by atoms with van der Waals surface area (Å²) in [6.45, 7) is 7.48. The molecule has 2 aromatic carbocycles. The van der Waals surface area contributed by atoms with Crippen LogP contribution < -0.4 is 10.6 Å². The number of allylic oxidation sites excluding steroid dienone is 1. The first kappa shape index (κ1) is 23.7. The largest absolute Gasteiger partial charge is 0.463 e. The number of nitrogens with one attached hydrogen (secondary N) is 2. The number of amides is 1. The van der Waals surface area contributed by atoms with Crippen LogP contribution in [0, 0.1) is 5.82 Å². The molecule has 0 aromatic heterocycles. The van der Waals surface area contributed by atoms with Gasteiger partial charge in [0.25, 0.3) is 0 Å². The molecule has 0 radical (unpaired) electrons. The highest BCUT2D eigenvalue weighted by Gasteiger charge is 2.29. The Kier molecular flexibility index (Phi) is 9.29. The minimum atomic E-state index is -0.990. The molecule has 6 nitrogen and oxygen atoms in total. The Hall–Kier alpha value is -3.61. The molecule has 0 fully saturated rings. The van der Waals surface area contributed by atoms with E-state index in [9.17, 15) is 14.0 Å². The van der Waals surface area contributed by atoms with Gasteiger partial charge >= 0.3 is 12.1 Å². The van der Waals surface area contributed by atoms with E-state index >= 15 is 0 Å². The summed E-state index contributed by atoms with van der Waals surface area (Å²) in [6, 6.07) is 14.3. The lowest BCUT2D eigenvalue weighted by Gasteiger charge is -2.24. The van der Waals surface area contributed by atoms with Crippen molar-refractivity contribution in [1.29, 1.82) is 0 Å². The fraction of sp³-hybridized carbons (Fsp3) is 0.250.